The summed E-state index contributed by atoms with van der Waals surface area (Å²) in [5, 5.41) is 5.93. The molecule has 8 heteroatoms. The molecule has 0 fully saturated rings. The smallest absolute Gasteiger partial charge is 0.337 e. The van der Waals surface area contributed by atoms with Crippen molar-refractivity contribution in [1.29, 1.82) is 0 Å². The molecule has 0 unspecified atom stereocenters. The van der Waals surface area contributed by atoms with E-state index in [0.717, 1.165) is 4.90 Å². The zero-order chi connectivity index (χ0) is 18.4. The average Bonchev–Trinajstić information content (AvgIpc) is 2.61. The first-order valence-corrected chi connectivity index (χ1v) is 9.10. The number of amides is 1. The summed E-state index contributed by atoms with van der Waals surface area (Å²) < 4.78 is 4.63. The van der Waals surface area contributed by atoms with Crippen molar-refractivity contribution in [3.8, 4) is 0 Å². The van der Waals surface area contributed by atoms with Crippen molar-refractivity contribution >= 4 is 58.3 Å². The van der Waals surface area contributed by atoms with Crippen LogP contribution in [0.2, 0.25) is 5.02 Å². The lowest BCUT2D eigenvalue weighted by Crippen LogP contribution is -2.34. The highest BCUT2D eigenvalue weighted by Gasteiger charge is 2.13. The lowest BCUT2D eigenvalue weighted by Gasteiger charge is -2.11. The van der Waals surface area contributed by atoms with E-state index in [4.69, 9.17) is 23.8 Å². The normalized spacial score (nSPS) is 10.0. The maximum atomic E-state index is 12.3. The number of hydrogen-bond acceptors (Lipinski definition) is 5. The van der Waals surface area contributed by atoms with Crippen molar-refractivity contribution in [2.45, 2.75) is 4.90 Å². The predicted octanol–water partition coefficient (Wildman–Crippen LogP) is 3.98. The van der Waals surface area contributed by atoms with Crippen LogP contribution in [-0.2, 0) is 4.74 Å². The van der Waals surface area contributed by atoms with Gasteiger partial charge in [0.1, 0.15) is 0 Å². The summed E-state index contributed by atoms with van der Waals surface area (Å²) in [5.74, 6) is -0.824. The minimum atomic E-state index is -0.425. The minimum absolute atomic E-state index is 0.126. The van der Waals surface area contributed by atoms with Gasteiger partial charge in [-0.2, -0.15) is 0 Å². The summed E-state index contributed by atoms with van der Waals surface area (Å²) in [4.78, 5) is 24.6. The molecule has 0 aliphatic heterocycles. The first-order valence-electron chi connectivity index (χ1n) is 7.09. The monoisotopic (exact) mass is 394 g/mol. The van der Waals surface area contributed by atoms with Crippen LogP contribution in [0.4, 0.5) is 5.69 Å². The number of thiocarbonyl (C=S) groups is 1. The third-order valence-corrected chi connectivity index (χ3v) is 4.47. The number of hydrogen-bond donors (Lipinski definition) is 2. The molecule has 130 valence electrons. The summed E-state index contributed by atoms with van der Waals surface area (Å²) >= 11 is 12.7. The second-order valence-corrected chi connectivity index (χ2v) is 6.52. The molecule has 0 radical (unpaired) electrons. The molecule has 0 saturated heterocycles. The molecule has 2 aromatic carbocycles. The number of carbonyl (C=O) groups excluding carboxylic acids is 2. The van der Waals surface area contributed by atoms with E-state index in [0.29, 0.717) is 21.8 Å². The Hall–Kier alpha value is -2.09. The van der Waals surface area contributed by atoms with Gasteiger partial charge in [-0.3, -0.25) is 10.1 Å². The molecule has 0 aromatic heterocycles. The standard InChI is InChI=1S/C17H15ClN2O3S2/c1-23-16(22)10-3-5-11(6-4-10)19-17(24)20-15(21)13-9-12(25-2)7-8-14(13)18/h3-9H,1-2H3,(H2,19,20,21,24). The number of thioether (sulfide) groups is 1. The highest BCUT2D eigenvalue weighted by molar-refractivity contribution is 7.98. The van der Waals surface area contributed by atoms with E-state index in [1.807, 2.05) is 12.3 Å². The molecule has 0 aliphatic carbocycles. The molecular formula is C17H15ClN2O3S2. The van der Waals surface area contributed by atoms with Crippen molar-refractivity contribution in [1.82, 2.24) is 5.32 Å². The summed E-state index contributed by atoms with van der Waals surface area (Å²) in [6.07, 6.45) is 1.91. The van der Waals surface area contributed by atoms with Gasteiger partial charge in [-0.1, -0.05) is 11.6 Å². The van der Waals surface area contributed by atoms with E-state index >= 15 is 0 Å². The van der Waals surface area contributed by atoms with Gasteiger partial charge in [-0.05, 0) is 60.9 Å². The SMILES string of the molecule is COC(=O)c1ccc(NC(=S)NC(=O)c2cc(SC)ccc2Cl)cc1. The van der Waals surface area contributed by atoms with Crippen molar-refractivity contribution < 1.29 is 14.3 Å². The van der Waals surface area contributed by atoms with Gasteiger partial charge in [0.15, 0.2) is 5.11 Å². The number of esters is 1. The van der Waals surface area contributed by atoms with Crippen LogP contribution >= 0.6 is 35.6 Å². The lowest BCUT2D eigenvalue weighted by molar-refractivity contribution is 0.0600. The molecule has 0 saturated carbocycles. The van der Waals surface area contributed by atoms with Gasteiger partial charge in [0.2, 0.25) is 0 Å². The van der Waals surface area contributed by atoms with Crippen molar-refractivity contribution in [3.05, 3.63) is 58.6 Å². The third-order valence-electron chi connectivity index (χ3n) is 3.21. The van der Waals surface area contributed by atoms with E-state index in [2.05, 4.69) is 15.4 Å². The van der Waals surface area contributed by atoms with E-state index in [1.54, 1.807) is 36.4 Å². The van der Waals surface area contributed by atoms with Crippen LogP contribution in [0, 0.1) is 0 Å². The maximum Gasteiger partial charge on any atom is 0.337 e. The molecule has 25 heavy (non-hydrogen) atoms. The minimum Gasteiger partial charge on any atom is -0.465 e. The second kappa shape index (κ2) is 8.84. The van der Waals surface area contributed by atoms with Crippen LogP contribution in [0.1, 0.15) is 20.7 Å². The number of rotatable bonds is 4. The van der Waals surface area contributed by atoms with Crippen molar-refractivity contribution in [2.24, 2.45) is 0 Å². The van der Waals surface area contributed by atoms with Crippen LogP contribution in [0.5, 0.6) is 0 Å². The number of nitrogens with one attached hydrogen (secondary N) is 2. The number of ether oxygens (including phenoxy) is 1. The molecule has 0 bridgehead atoms. The average molecular weight is 395 g/mol. The molecule has 0 aliphatic rings. The molecule has 2 rings (SSSR count). The number of carbonyl (C=O) groups is 2. The van der Waals surface area contributed by atoms with Crippen LogP contribution < -0.4 is 10.6 Å². The van der Waals surface area contributed by atoms with Crippen LogP contribution in [0.15, 0.2) is 47.4 Å². The first-order chi connectivity index (χ1) is 11.9. The van der Waals surface area contributed by atoms with Crippen LogP contribution in [0.3, 0.4) is 0 Å². The quantitative estimate of drug-likeness (QED) is 0.464. The molecule has 1 amide bonds. The summed E-state index contributed by atoms with van der Waals surface area (Å²) in [7, 11) is 1.32. The largest absolute Gasteiger partial charge is 0.465 e. The van der Waals surface area contributed by atoms with Crippen molar-refractivity contribution in [3.63, 3.8) is 0 Å². The zero-order valence-electron chi connectivity index (χ0n) is 13.5. The van der Waals surface area contributed by atoms with Gasteiger partial charge >= 0.3 is 5.97 Å². The van der Waals surface area contributed by atoms with Crippen LogP contribution in [0.25, 0.3) is 0 Å². The lowest BCUT2D eigenvalue weighted by atomic mass is 10.2. The van der Waals surface area contributed by atoms with E-state index in [9.17, 15) is 9.59 Å². The van der Waals surface area contributed by atoms with E-state index in [-0.39, 0.29) is 5.11 Å². The molecule has 0 heterocycles. The highest BCUT2D eigenvalue weighted by atomic mass is 35.5. The Morgan fingerprint density at radius 2 is 1.84 bits per heavy atom. The fraction of sp³-hybridized carbons (Fsp3) is 0.118. The Bertz CT molecular complexity index is 810. The number of halogens is 1. The van der Waals surface area contributed by atoms with E-state index in [1.165, 1.54) is 18.9 Å². The zero-order valence-corrected chi connectivity index (χ0v) is 15.8. The topological polar surface area (TPSA) is 67.4 Å². The Morgan fingerprint density at radius 3 is 2.44 bits per heavy atom. The fourth-order valence-corrected chi connectivity index (χ4v) is 2.80. The fourth-order valence-electron chi connectivity index (χ4n) is 1.95. The van der Waals surface area contributed by atoms with Gasteiger partial charge in [-0.25, -0.2) is 4.79 Å². The van der Waals surface area contributed by atoms with Gasteiger partial charge in [-0.15, -0.1) is 11.8 Å². The van der Waals surface area contributed by atoms with Gasteiger partial charge in [0.05, 0.1) is 23.3 Å². The Morgan fingerprint density at radius 1 is 1.16 bits per heavy atom. The van der Waals surface area contributed by atoms with Gasteiger partial charge < -0.3 is 10.1 Å². The number of benzene rings is 2. The summed E-state index contributed by atoms with van der Waals surface area (Å²) in [6, 6.07) is 11.7. The Kier molecular flexibility index (Phi) is 6.81. The number of methoxy groups -OCH3 is 1. The third kappa shape index (κ3) is 5.19. The molecular weight excluding hydrogens is 380 g/mol. The molecule has 5 nitrogen and oxygen atoms in total. The summed E-state index contributed by atoms with van der Waals surface area (Å²) in [6.45, 7) is 0. The molecule has 0 atom stereocenters. The van der Waals surface area contributed by atoms with E-state index < -0.39 is 11.9 Å². The highest BCUT2D eigenvalue weighted by Crippen LogP contribution is 2.23. The second-order valence-electron chi connectivity index (χ2n) is 4.82. The maximum absolute atomic E-state index is 12.3. The van der Waals surface area contributed by atoms with Crippen LogP contribution in [-0.4, -0.2) is 30.4 Å². The molecule has 2 N–H and O–H groups in total. The van der Waals surface area contributed by atoms with Gasteiger partial charge in [0.25, 0.3) is 5.91 Å². The Balaban J connectivity index is 2.02. The van der Waals surface area contributed by atoms with Crippen molar-refractivity contribution in [2.75, 3.05) is 18.7 Å². The van der Waals surface area contributed by atoms with Gasteiger partial charge in [0, 0.05) is 10.6 Å². The predicted molar refractivity (Wildman–Crippen MR) is 105 cm³/mol. The molecule has 2 aromatic rings. The molecule has 0 spiro atoms. The first kappa shape index (κ1) is 19.2. The number of anilines is 1. The summed E-state index contributed by atoms with van der Waals surface area (Å²) in [5.41, 5.74) is 1.39. The Labute approximate surface area is 160 Å².